The number of aliphatic carboxylic acids is 2. The van der Waals surface area contributed by atoms with E-state index >= 15 is 0 Å². The molecule has 0 unspecified atom stereocenters. The summed E-state index contributed by atoms with van der Waals surface area (Å²) in [6.07, 6.45) is -1.28. The molecule has 0 aromatic heterocycles. The number of thiocarbonyl (C=S) groups is 1. The van der Waals surface area contributed by atoms with E-state index in [0.717, 1.165) is 18.1 Å². The molecule has 6 amide bonds. The molecule has 8 N–H and O–H groups in total. The van der Waals surface area contributed by atoms with Crippen LogP contribution in [0.15, 0.2) is 60.7 Å². The van der Waals surface area contributed by atoms with E-state index in [1.54, 1.807) is 27.7 Å². The molecule has 356 valence electrons. The minimum absolute atomic E-state index is 0.0190. The average molecular weight is 925 g/mol. The number of nitrogens with zero attached hydrogens (tertiary/aromatic N) is 2. The Morgan fingerprint density at radius 3 is 1.95 bits per heavy atom. The molecule has 0 saturated carbocycles. The predicted octanol–water partition coefficient (Wildman–Crippen LogP) is 1.99. The van der Waals surface area contributed by atoms with Gasteiger partial charge in [-0.1, -0.05) is 102 Å². The number of carbonyl (C=O) groups is 8. The van der Waals surface area contributed by atoms with Crippen LogP contribution in [-0.2, 0) is 56.2 Å². The highest BCUT2D eigenvalue weighted by molar-refractivity contribution is 7.80. The fourth-order valence-electron chi connectivity index (χ4n) is 7.04. The van der Waals surface area contributed by atoms with Gasteiger partial charge in [0, 0.05) is 39.4 Å². The van der Waals surface area contributed by atoms with Crippen LogP contribution in [0.25, 0.3) is 0 Å². The summed E-state index contributed by atoms with van der Waals surface area (Å²) in [6.45, 7) is 10.9. The zero-order valence-corrected chi connectivity index (χ0v) is 38.7. The molecule has 3 rings (SSSR count). The quantitative estimate of drug-likeness (QED) is 0.0554. The molecule has 1 fully saturated rings. The van der Waals surface area contributed by atoms with Crippen LogP contribution in [0.3, 0.4) is 0 Å². The summed E-state index contributed by atoms with van der Waals surface area (Å²) in [7, 11) is 0. The number of amides is 6. The molecular weight excluding hydrogens is 861 g/mol. The van der Waals surface area contributed by atoms with Gasteiger partial charge in [0.05, 0.1) is 19.1 Å². The first-order chi connectivity index (χ1) is 30.8. The van der Waals surface area contributed by atoms with Crippen LogP contribution < -0.4 is 32.0 Å². The van der Waals surface area contributed by atoms with Crippen LogP contribution in [0.2, 0.25) is 0 Å². The smallest absolute Gasteiger partial charge is 0.305 e. The zero-order valence-electron chi connectivity index (χ0n) is 37.8. The van der Waals surface area contributed by atoms with E-state index in [9.17, 15) is 48.6 Å². The van der Waals surface area contributed by atoms with E-state index in [4.69, 9.17) is 17.0 Å². The van der Waals surface area contributed by atoms with Gasteiger partial charge in [-0.15, -0.1) is 0 Å². The number of likely N-dealkylation sites (tertiary alicyclic amines) is 1. The first kappa shape index (κ1) is 53.2. The van der Waals surface area contributed by atoms with Crippen LogP contribution in [0.1, 0.15) is 91.2 Å². The Morgan fingerprint density at radius 2 is 1.40 bits per heavy atom. The highest BCUT2D eigenvalue weighted by Crippen LogP contribution is 2.25. The number of carbonyl (C=O) groups excluding carboxylic acids is 6. The summed E-state index contributed by atoms with van der Waals surface area (Å²) in [6, 6.07) is 12.3. The first-order valence-corrected chi connectivity index (χ1v) is 22.2. The van der Waals surface area contributed by atoms with Gasteiger partial charge in [-0.2, -0.15) is 0 Å². The van der Waals surface area contributed by atoms with Crippen molar-refractivity contribution in [2.75, 3.05) is 13.1 Å². The van der Waals surface area contributed by atoms with Crippen LogP contribution >= 0.6 is 12.2 Å². The summed E-state index contributed by atoms with van der Waals surface area (Å²) in [5.74, 6) is -8.36. The van der Waals surface area contributed by atoms with E-state index < -0.39 is 115 Å². The summed E-state index contributed by atoms with van der Waals surface area (Å²) >= 11 is 5.68. The SMILES string of the molecule is CCCN(NC(=O)[C@@H]1C[C@@H](OCc2ccccc2)CN1C(=O)[C@@H](NC(=O)[C@@H](NC(=O)[C@@H](CCC(=O)O)NC(=O)[C@H](CC(=O)O)NC(C)=O)[C@@H](C)CC)C(C)C)C(=S)NCc1ccccc1. The minimum atomic E-state index is -1.58. The predicted molar refractivity (Wildman–Crippen MR) is 243 cm³/mol. The average Bonchev–Trinajstić information content (AvgIpc) is 3.71. The third kappa shape index (κ3) is 17.4. The maximum atomic E-state index is 14.7. The van der Waals surface area contributed by atoms with Crippen LogP contribution in [0.4, 0.5) is 0 Å². The number of rotatable bonds is 24. The number of carboxylic acids is 2. The molecule has 0 aliphatic carbocycles. The molecular formula is C45H64N8O11S. The number of hydrazine groups is 1. The summed E-state index contributed by atoms with van der Waals surface area (Å²) in [4.78, 5) is 106. The van der Waals surface area contributed by atoms with E-state index in [-0.39, 0.29) is 24.7 Å². The standard InChI is InChI=1S/C45H64N8O11S/c1-7-21-53(45(65)46-24-30-15-11-9-12-16-30)51-42(61)35-22-32(64-26-31-17-13-10-14-18-31)25-52(35)44(63)38(27(3)4)49-43(62)39(28(5)8-2)50-40(59)33(19-20-36(55)56)48-41(60)34(23-37(57)58)47-29(6)54/h9-18,27-28,32-35,38-39H,7-8,19-26H2,1-6H3,(H,46,65)(H,47,54)(H,48,60)(H,49,62)(H,50,59)(H,51,61)(H,55,56)(H,57,58)/t28-,32+,33+,34-,35-,38-,39-/m0/s1. The molecule has 0 radical (unpaired) electrons. The molecule has 1 saturated heterocycles. The van der Waals surface area contributed by atoms with E-state index in [1.807, 2.05) is 67.6 Å². The van der Waals surface area contributed by atoms with Gasteiger partial charge < -0.3 is 46.4 Å². The summed E-state index contributed by atoms with van der Waals surface area (Å²) in [5.41, 5.74) is 4.78. The molecule has 2 aromatic carbocycles. The second kappa shape index (κ2) is 26.6. The van der Waals surface area contributed by atoms with Crippen molar-refractivity contribution < 1.29 is 53.3 Å². The molecule has 1 aliphatic rings. The van der Waals surface area contributed by atoms with Gasteiger partial charge in [0.1, 0.15) is 30.2 Å². The molecule has 19 nitrogen and oxygen atoms in total. The third-order valence-electron chi connectivity index (χ3n) is 10.8. The van der Waals surface area contributed by atoms with Gasteiger partial charge in [0.15, 0.2) is 5.11 Å². The fraction of sp³-hybridized carbons (Fsp3) is 0.533. The summed E-state index contributed by atoms with van der Waals surface area (Å²) in [5, 5.41) is 33.6. The lowest BCUT2D eigenvalue weighted by atomic mass is 9.95. The van der Waals surface area contributed by atoms with Gasteiger partial charge in [0.25, 0.3) is 5.91 Å². The fourth-order valence-corrected chi connectivity index (χ4v) is 7.25. The van der Waals surface area contributed by atoms with Crippen molar-refractivity contribution in [1.29, 1.82) is 0 Å². The Kier molecular flexibility index (Phi) is 21.8. The van der Waals surface area contributed by atoms with E-state index in [2.05, 4.69) is 32.0 Å². The molecule has 0 bridgehead atoms. The van der Waals surface area contributed by atoms with Gasteiger partial charge in [-0.05, 0) is 48.0 Å². The largest absolute Gasteiger partial charge is 0.481 e. The molecule has 65 heavy (non-hydrogen) atoms. The van der Waals surface area contributed by atoms with Crippen molar-refractivity contribution in [3.63, 3.8) is 0 Å². The van der Waals surface area contributed by atoms with Gasteiger partial charge in [-0.25, -0.2) is 0 Å². The van der Waals surface area contributed by atoms with Gasteiger partial charge in [0.2, 0.25) is 29.5 Å². The minimum Gasteiger partial charge on any atom is -0.481 e. The lowest BCUT2D eigenvalue weighted by Crippen LogP contribution is -2.61. The monoisotopic (exact) mass is 924 g/mol. The third-order valence-corrected chi connectivity index (χ3v) is 11.1. The number of ether oxygens (including phenoxy) is 1. The Hall–Kier alpha value is -6.15. The zero-order chi connectivity index (χ0) is 48.2. The van der Waals surface area contributed by atoms with Crippen molar-refractivity contribution in [2.24, 2.45) is 11.8 Å². The van der Waals surface area contributed by atoms with Crippen molar-refractivity contribution in [1.82, 2.24) is 41.9 Å². The Balaban J connectivity index is 1.88. The topological polar surface area (TPSA) is 265 Å². The van der Waals surface area contributed by atoms with Crippen molar-refractivity contribution in [3.8, 4) is 0 Å². The summed E-state index contributed by atoms with van der Waals surface area (Å²) < 4.78 is 6.25. The Bertz CT molecular complexity index is 1940. The highest BCUT2D eigenvalue weighted by atomic mass is 32.1. The van der Waals surface area contributed by atoms with Gasteiger partial charge >= 0.3 is 11.9 Å². The highest BCUT2D eigenvalue weighted by Gasteiger charge is 2.44. The normalized spacial score (nSPS) is 16.8. The lowest BCUT2D eigenvalue weighted by Gasteiger charge is -2.34. The van der Waals surface area contributed by atoms with Crippen LogP contribution in [0.5, 0.6) is 0 Å². The number of hydrogen-bond donors (Lipinski definition) is 8. The van der Waals surface area contributed by atoms with Crippen molar-refractivity contribution in [3.05, 3.63) is 71.8 Å². The first-order valence-electron chi connectivity index (χ1n) is 21.8. The maximum Gasteiger partial charge on any atom is 0.305 e. The second-order valence-electron chi connectivity index (χ2n) is 16.4. The molecule has 0 spiro atoms. The number of hydrogen-bond acceptors (Lipinski definition) is 10. The number of benzene rings is 2. The van der Waals surface area contributed by atoms with Gasteiger partial charge in [-0.3, -0.25) is 48.8 Å². The van der Waals surface area contributed by atoms with Crippen molar-refractivity contribution >= 4 is 64.7 Å². The van der Waals surface area contributed by atoms with Crippen LogP contribution in [-0.4, -0.2) is 122 Å². The molecule has 1 heterocycles. The number of carboxylic acid groups (broad SMARTS) is 2. The molecule has 20 heteroatoms. The Morgan fingerprint density at radius 1 is 0.800 bits per heavy atom. The maximum absolute atomic E-state index is 14.7. The van der Waals surface area contributed by atoms with E-state index in [1.165, 1.54) is 9.91 Å². The molecule has 1 aliphatic heterocycles. The molecule has 2 aromatic rings. The van der Waals surface area contributed by atoms with Crippen molar-refractivity contribution in [2.45, 2.75) is 130 Å². The number of nitrogens with one attached hydrogen (secondary N) is 6. The second-order valence-corrected chi connectivity index (χ2v) is 16.8. The Labute approximate surface area is 385 Å². The molecule has 7 atom stereocenters. The van der Waals surface area contributed by atoms with Crippen LogP contribution in [0, 0.1) is 11.8 Å². The lowest BCUT2D eigenvalue weighted by molar-refractivity contribution is -0.144. The van der Waals surface area contributed by atoms with E-state index in [0.29, 0.717) is 25.9 Å².